The van der Waals surface area contributed by atoms with E-state index in [0.29, 0.717) is 5.82 Å². The molecule has 0 aliphatic carbocycles. The van der Waals surface area contributed by atoms with Gasteiger partial charge < -0.3 is 10.2 Å². The van der Waals surface area contributed by atoms with Crippen LogP contribution < -0.4 is 5.73 Å². The van der Waals surface area contributed by atoms with Crippen molar-refractivity contribution in [3.8, 4) is 22.6 Å². The van der Waals surface area contributed by atoms with E-state index < -0.39 is 0 Å². The molecule has 0 amide bonds. The van der Waals surface area contributed by atoms with Gasteiger partial charge in [-0.05, 0) is 24.6 Å². The molecule has 0 fully saturated rings. The molecule has 0 bridgehead atoms. The van der Waals surface area contributed by atoms with Crippen LogP contribution in [-0.2, 0) is 6.42 Å². The molecule has 0 aliphatic heterocycles. The Hall–Kier alpha value is -2.49. The van der Waals surface area contributed by atoms with Crippen LogP contribution >= 0.6 is 0 Å². The third-order valence-electron chi connectivity index (χ3n) is 3.39. The fraction of sp³-hybridized carbons (Fsp3) is 0.188. The van der Waals surface area contributed by atoms with Crippen molar-refractivity contribution in [1.82, 2.24) is 10.2 Å². The highest BCUT2D eigenvalue weighted by molar-refractivity contribution is 5.86. The van der Waals surface area contributed by atoms with Crippen molar-refractivity contribution in [2.75, 3.05) is 5.73 Å². The molecule has 0 aliphatic rings. The number of aromatic nitrogens is 2. The Labute approximate surface area is 117 Å². The van der Waals surface area contributed by atoms with Crippen molar-refractivity contribution < 1.29 is 4.42 Å². The zero-order valence-corrected chi connectivity index (χ0v) is 11.6. The molecule has 3 N–H and O–H groups in total. The first-order valence-electron chi connectivity index (χ1n) is 6.69. The van der Waals surface area contributed by atoms with Gasteiger partial charge in [0.2, 0.25) is 0 Å². The molecule has 102 valence electrons. The van der Waals surface area contributed by atoms with Crippen LogP contribution in [0.15, 0.2) is 40.8 Å². The third-order valence-corrected chi connectivity index (χ3v) is 3.39. The second-order valence-corrected chi connectivity index (χ2v) is 4.84. The fourth-order valence-electron chi connectivity index (χ4n) is 2.25. The van der Waals surface area contributed by atoms with Crippen LogP contribution in [0.5, 0.6) is 0 Å². The Balaban J connectivity index is 2.11. The summed E-state index contributed by atoms with van der Waals surface area (Å²) in [4.78, 5) is 0. The maximum absolute atomic E-state index is 6.00. The summed E-state index contributed by atoms with van der Waals surface area (Å²) in [5.41, 5.74) is 9.97. The van der Waals surface area contributed by atoms with E-state index in [0.717, 1.165) is 34.8 Å². The Bertz CT molecular complexity index is 723. The van der Waals surface area contributed by atoms with E-state index in [2.05, 4.69) is 36.2 Å². The van der Waals surface area contributed by atoms with Gasteiger partial charge in [0.15, 0.2) is 11.6 Å². The van der Waals surface area contributed by atoms with E-state index in [1.165, 1.54) is 5.56 Å². The topological polar surface area (TPSA) is 67.8 Å². The SMILES string of the molecule is CCc1ccc(-c2[nH]nc(N)c2-c2ccc(C)cc2)o1. The zero-order valence-electron chi connectivity index (χ0n) is 11.6. The first kappa shape index (κ1) is 12.5. The van der Waals surface area contributed by atoms with Crippen LogP contribution in [0.3, 0.4) is 0 Å². The normalized spacial score (nSPS) is 10.9. The van der Waals surface area contributed by atoms with E-state index in [9.17, 15) is 0 Å². The van der Waals surface area contributed by atoms with Gasteiger partial charge in [-0.25, -0.2) is 0 Å². The number of anilines is 1. The van der Waals surface area contributed by atoms with Gasteiger partial charge in [-0.15, -0.1) is 0 Å². The lowest BCUT2D eigenvalue weighted by molar-refractivity contribution is 0.527. The minimum absolute atomic E-state index is 0.485. The Kier molecular flexibility index (Phi) is 3.06. The highest BCUT2D eigenvalue weighted by Crippen LogP contribution is 2.35. The quantitative estimate of drug-likeness (QED) is 0.758. The highest BCUT2D eigenvalue weighted by Gasteiger charge is 2.17. The number of benzene rings is 1. The molecule has 4 nitrogen and oxygen atoms in total. The van der Waals surface area contributed by atoms with Crippen LogP contribution in [0.4, 0.5) is 5.82 Å². The predicted octanol–water partition coefficient (Wildman–Crippen LogP) is 3.79. The van der Waals surface area contributed by atoms with Crippen molar-refractivity contribution in [1.29, 1.82) is 0 Å². The largest absolute Gasteiger partial charge is 0.459 e. The van der Waals surface area contributed by atoms with Crippen molar-refractivity contribution in [2.45, 2.75) is 20.3 Å². The Morgan fingerprint density at radius 2 is 1.90 bits per heavy atom. The van der Waals surface area contributed by atoms with Gasteiger partial charge in [0.05, 0.1) is 5.56 Å². The number of rotatable bonds is 3. The highest BCUT2D eigenvalue weighted by atomic mass is 16.3. The fourth-order valence-corrected chi connectivity index (χ4v) is 2.25. The summed E-state index contributed by atoms with van der Waals surface area (Å²) in [6.07, 6.45) is 0.865. The van der Waals surface area contributed by atoms with Gasteiger partial charge >= 0.3 is 0 Å². The minimum Gasteiger partial charge on any atom is -0.459 e. The van der Waals surface area contributed by atoms with E-state index in [1.54, 1.807) is 0 Å². The lowest BCUT2D eigenvalue weighted by Crippen LogP contribution is -1.88. The average molecular weight is 267 g/mol. The molecule has 0 spiro atoms. The number of H-pyrrole nitrogens is 1. The van der Waals surface area contributed by atoms with Crippen LogP contribution in [0.1, 0.15) is 18.2 Å². The summed E-state index contributed by atoms with van der Waals surface area (Å²) < 4.78 is 5.79. The molecule has 2 aromatic heterocycles. The second-order valence-electron chi connectivity index (χ2n) is 4.84. The summed E-state index contributed by atoms with van der Waals surface area (Å²) in [6, 6.07) is 12.1. The Morgan fingerprint density at radius 3 is 2.55 bits per heavy atom. The molecule has 0 atom stereocenters. The molecule has 3 rings (SSSR count). The molecule has 4 heteroatoms. The van der Waals surface area contributed by atoms with Crippen LogP contribution in [0.2, 0.25) is 0 Å². The van der Waals surface area contributed by atoms with Gasteiger partial charge in [0, 0.05) is 6.42 Å². The van der Waals surface area contributed by atoms with Gasteiger partial charge in [0.1, 0.15) is 11.5 Å². The lowest BCUT2D eigenvalue weighted by Gasteiger charge is -2.03. The number of hydrogen-bond acceptors (Lipinski definition) is 3. The van der Waals surface area contributed by atoms with E-state index in [-0.39, 0.29) is 0 Å². The van der Waals surface area contributed by atoms with Crippen molar-refractivity contribution in [3.63, 3.8) is 0 Å². The standard InChI is InChI=1S/C16H17N3O/c1-3-12-8-9-13(20-12)15-14(16(17)19-18-15)11-6-4-10(2)5-7-11/h4-9H,3H2,1-2H3,(H3,17,18,19). The maximum atomic E-state index is 6.00. The Morgan fingerprint density at radius 1 is 1.15 bits per heavy atom. The maximum Gasteiger partial charge on any atom is 0.153 e. The summed E-state index contributed by atoms with van der Waals surface area (Å²) in [7, 11) is 0. The van der Waals surface area contributed by atoms with Gasteiger partial charge in [-0.2, -0.15) is 5.10 Å². The first-order valence-corrected chi connectivity index (χ1v) is 6.69. The minimum atomic E-state index is 0.485. The molecule has 0 radical (unpaired) electrons. The smallest absolute Gasteiger partial charge is 0.153 e. The zero-order chi connectivity index (χ0) is 14.1. The number of nitrogens with two attached hydrogens (primary N) is 1. The van der Waals surface area contributed by atoms with E-state index in [1.807, 2.05) is 24.3 Å². The number of nitrogen functional groups attached to an aromatic ring is 1. The van der Waals surface area contributed by atoms with Crippen molar-refractivity contribution in [3.05, 3.63) is 47.7 Å². The van der Waals surface area contributed by atoms with E-state index >= 15 is 0 Å². The molecule has 20 heavy (non-hydrogen) atoms. The summed E-state index contributed by atoms with van der Waals surface area (Å²) in [5.74, 6) is 2.20. The molecule has 0 saturated carbocycles. The van der Waals surface area contributed by atoms with Gasteiger partial charge in [-0.1, -0.05) is 36.8 Å². The number of nitrogens with one attached hydrogen (secondary N) is 1. The number of furan rings is 1. The van der Waals surface area contributed by atoms with Gasteiger partial charge in [0.25, 0.3) is 0 Å². The van der Waals surface area contributed by atoms with Crippen LogP contribution in [-0.4, -0.2) is 10.2 Å². The number of hydrogen-bond donors (Lipinski definition) is 2. The summed E-state index contributed by atoms with van der Waals surface area (Å²) in [5, 5.41) is 7.09. The molecule has 0 unspecified atom stereocenters. The first-order chi connectivity index (χ1) is 9.69. The number of aryl methyl sites for hydroxylation is 2. The van der Waals surface area contributed by atoms with Gasteiger partial charge in [-0.3, -0.25) is 5.10 Å². The molecule has 1 aromatic carbocycles. The monoisotopic (exact) mass is 267 g/mol. The predicted molar refractivity (Wildman–Crippen MR) is 80.3 cm³/mol. The van der Waals surface area contributed by atoms with Crippen LogP contribution in [0.25, 0.3) is 22.6 Å². The second kappa shape index (κ2) is 4.89. The molecular weight excluding hydrogens is 250 g/mol. The molecule has 3 aromatic rings. The summed E-state index contributed by atoms with van der Waals surface area (Å²) >= 11 is 0. The number of nitrogens with zero attached hydrogens (tertiary/aromatic N) is 1. The molecule has 2 heterocycles. The molecular formula is C16H17N3O. The lowest BCUT2D eigenvalue weighted by atomic mass is 10.0. The van der Waals surface area contributed by atoms with Crippen molar-refractivity contribution >= 4 is 5.82 Å². The third kappa shape index (κ3) is 2.09. The molecule has 0 saturated heterocycles. The van der Waals surface area contributed by atoms with E-state index in [4.69, 9.17) is 10.2 Å². The summed E-state index contributed by atoms with van der Waals surface area (Å²) in [6.45, 7) is 4.12. The number of aromatic amines is 1. The average Bonchev–Trinajstić information content (AvgIpc) is 3.06. The van der Waals surface area contributed by atoms with Crippen LogP contribution in [0, 0.1) is 6.92 Å². The van der Waals surface area contributed by atoms with Crippen molar-refractivity contribution in [2.24, 2.45) is 0 Å².